The first-order valence-electron chi connectivity index (χ1n) is 4.81. The fraction of sp³-hybridized carbons (Fsp3) is 0.889. The third kappa shape index (κ3) is 6.20. The van der Waals surface area contributed by atoms with Crippen molar-refractivity contribution < 1.29 is 9.90 Å². The minimum atomic E-state index is -0.730. The number of carbonyl (C=O) groups is 1. The molecular weight excluding hydrogens is 239 g/mol. The summed E-state index contributed by atoms with van der Waals surface area (Å²) in [4.78, 5) is 12.6. The first-order valence-corrected chi connectivity index (χ1v) is 4.81. The third-order valence-corrected chi connectivity index (χ3v) is 2.58. The second-order valence-corrected chi connectivity index (χ2v) is 3.84. The van der Waals surface area contributed by atoms with Crippen LogP contribution in [0.1, 0.15) is 26.2 Å². The van der Waals surface area contributed by atoms with Crippen molar-refractivity contribution >= 4 is 30.8 Å². The molecule has 0 aliphatic carbocycles. The Kier molecular flexibility index (Phi) is 9.45. The van der Waals surface area contributed by atoms with Crippen molar-refractivity contribution in [1.82, 2.24) is 4.90 Å². The fourth-order valence-corrected chi connectivity index (χ4v) is 1.82. The zero-order chi connectivity index (χ0) is 9.84. The molecule has 1 aliphatic heterocycles. The number of rotatable bonds is 3. The summed E-state index contributed by atoms with van der Waals surface area (Å²) in [6, 6.07) is 0.342. The van der Waals surface area contributed by atoms with Gasteiger partial charge in [-0.15, -0.1) is 24.8 Å². The number of carboxylic acid groups (broad SMARTS) is 1. The van der Waals surface area contributed by atoms with Crippen LogP contribution in [0, 0.1) is 0 Å². The third-order valence-electron chi connectivity index (χ3n) is 2.58. The number of piperidine rings is 1. The molecule has 0 amide bonds. The highest BCUT2D eigenvalue weighted by molar-refractivity contribution is 5.85. The second kappa shape index (κ2) is 8.16. The lowest BCUT2D eigenvalue weighted by Crippen LogP contribution is -2.47. The number of aliphatic carboxylic acids is 1. The summed E-state index contributed by atoms with van der Waals surface area (Å²) in [5.74, 6) is -0.730. The monoisotopic (exact) mass is 258 g/mol. The van der Waals surface area contributed by atoms with E-state index in [0.717, 1.165) is 25.9 Å². The van der Waals surface area contributed by atoms with E-state index in [1.165, 1.54) is 0 Å². The van der Waals surface area contributed by atoms with Gasteiger partial charge in [0.25, 0.3) is 0 Å². The van der Waals surface area contributed by atoms with E-state index in [2.05, 4.69) is 4.90 Å². The van der Waals surface area contributed by atoms with Gasteiger partial charge in [0.2, 0.25) is 0 Å². The smallest absolute Gasteiger partial charge is 0.304 e. The zero-order valence-electron chi connectivity index (χ0n) is 8.89. The van der Waals surface area contributed by atoms with Crippen LogP contribution in [0.2, 0.25) is 0 Å². The van der Waals surface area contributed by atoms with Crippen molar-refractivity contribution in [1.29, 1.82) is 0 Å². The van der Waals surface area contributed by atoms with Crippen molar-refractivity contribution in [2.75, 3.05) is 13.1 Å². The van der Waals surface area contributed by atoms with Gasteiger partial charge in [-0.1, -0.05) is 0 Å². The van der Waals surface area contributed by atoms with Gasteiger partial charge in [0.05, 0.1) is 6.42 Å². The van der Waals surface area contributed by atoms with Gasteiger partial charge in [0.15, 0.2) is 0 Å². The Hall–Kier alpha value is -0.0300. The predicted octanol–water partition coefficient (Wildman–Crippen LogP) is 1.12. The lowest BCUT2D eigenvalue weighted by Gasteiger charge is -2.34. The van der Waals surface area contributed by atoms with Gasteiger partial charge in [0, 0.05) is 18.6 Å². The van der Waals surface area contributed by atoms with E-state index in [4.69, 9.17) is 10.8 Å². The topological polar surface area (TPSA) is 66.6 Å². The predicted molar refractivity (Wildman–Crippen MR) is 65.0 cm³/mol. The van der Waals surface area contributed by atoms with E-state index in [1.807, 2.05) is 6.92 Å². The van der Waals surface area contributed by atoms with Crippen LogP contribution in [0.3, 0.4) is 0 Å². The van der Waals surface area contributed by atoms with Crippen LogP contribution < -0.4 is 5.73 Å². The molecule has 0 bridgehead atoms. The summed E-state index contributed by atoms with van der Waals surface area (Å²) >= 11 is 0. The molecule has 0 saturated carbocycles. The van der Waals surface area contributed by atoms with E-state index in [1.54, 1.807) is 0 Å². The van der Waals surface area contributed by atoms with E-state index < -0.39 is 5.97 Å². The molecule has 1 fully saturated rings. The SMILES string of the molecule is CC(CC(=O)O)N1CCCC(N)C1.Cl.Cl. The number of nitrogens with zero attached hydrogens (tertiary/aromatic N) is 1. The zero-order valence-corrected chi connectivity index (χ0v) is 10.5. The summed E-state index contributed by atoms with van der Waals surface area (Å²) in [5, 5.41) is 8.62. The van der Waals surface area contributed by atoms with E-state index in [0.29, 0.717) is 0 Å². The number of nitrogens with two attached hydrogens (primary N) is 1. The molecular formula is C9H20Cl2N2O2. The first-order chi connectivity index (χ1) is 6.09. The Morgan fingerprint density at radius 1 is 1.60 bits per heavy atom. The maximum absolute atomic E-state index is 10.5. The highest BCUT2D eigenvalue weighted by Crippen LogP contribution is 2.13. The van der Waals surface area contributed by atoms with Crippen LogP contribution in [0.15, 0.2) is 0 Å². The highest BCUT2D eigenvalue weighted by atomic mass is 35.5. The van der Waals surface area contributed by atoms with Crippen molar-refractivity contribution in [3.05, 3.63) is 0 Å². The van der Waals surface area contributed by atoms with Crippen molar-refractivity contribution in [3.8, 4) is 0 Å². The van der Waals surface area contributed by atoms with Gasteiger partial charge in [-0.2, -0.15) is 0 Å². The van der Waals surface area contributed by atoms with Gasteiger partial charge < -0.3 is 10.8 Å². The largest absolute Gasteiger partial charge is 0.481 e. The summed E-state index contributed by atoms with van der Waals surface area (Å²) in [5.41, 5.74) is 5.80. The molecule has 0 aromatic heterocycles. The van der Waals surface area contributed by atoms with Gasteiger partial charge in [0.1, 0.15) is 0 Å². The number of likely N-dealkylation sites (tertiary alicyclic amines) is 1. The Morgan fingerprint density at radius 3 is 2.67 bits per heavy atom. The van der Waals surface area contributed by atoms with Crippen LogP contribution in [0.4, 0.5) is 0 Å². The van der Waals surface area contributed by atoms with E-state index in [-0.39, 0.29) is 43.3 Å². The minimum Gasteiger partial charge on any atom is -0.481 e. The lowest BCUT2D eigenvalue weighted by atomic mass is 10.0. The summed E-state index contributed by atoms with van der Waals surface area (Å²) in [7, 11) is 0. The molecule has 0 aromatic rings. The number of hydrogen-bond donors (Lipinski definition) is 2. The average molecular weight is 259 g/mol. The molecule has 6 heteroatoms. The van der Waals surface area contributed by atoms with Crippen molar-refractivity contribution in [2.24, 2.45) is 5.73 Å². The molecule has 3 N–H and O–H groups in total. The summed E-state index contributed by atoms with van der Waals surface area (Å²) < 4.78 is 0. The Morgan fingerprint density at radius 2 is 2.20 bits per heavy atom. The van der Waals surface area contributed by atoms with Gasteiger partial charge in [-0.3, -0.25) is 9.69 Å². The normalized spacial score (nSPS) is 23.5. The van der Waals surface area contributed by atoms with E-state index in [9.17, 15) is 4.79 Å². The van der Waals surface area contributed by atoms with Crippen LogP contribution in [0.25, 0.3) is 0 Å². The van der Waals surface area contributed by atoms with Crippen LogP contribution in [0.5, 0.6) is 0 Å². The van der Waals surface area contributed by atoms with Crippen molar-refractivity contribution in [3.63, 3.8) is 0 Å². The minimum absolute atomic E-state index is 0. The molecule has 1 aliphatic rings. The standard InChI is InChI=1S/C9H18N2O2.2ClH/c1-7(5-9(12)13)11-4-2-3-8(10)6-11;;/h7-8H,2-6,10H2,1H3,(H,12,13);2*1H. The molecule has 0 radical (unpaired) electrons. The molecule has 2 unspecified atom stereocenters. The Labute approximate surface area is 103 Å². The van der Waals surface area contributed by atoms with Gasteiger partial charge in [-0.05, 0) is 26.3 Å². The molecule has 0 spiro atoms. The van der Waals surface area contributed by atoms with E-state index >= 15 is 0 Å². The fourth-order valence-electron chi connectivity index (χ4n) is 1.82. The summed E-state index contributed by atoms with van der Waals surface area (Å²) in [6.07, 6.45) is 2.37. The molecule has 1 rings (SSSR count). The molecule has 1 saturated heterocycles. The van der Waals surface area contributed by atoms with Gasteiger partial charge >= 0.3 is 5.97 Å². The lowest BCUT2D eigenvalue weighted by molar-refractivity contribution is -0.138. The molecule has 1 heterocycles. The highest BCUT2D eigenvalue weighted by Gasteiger charge is 2.22. The quantitative estimate of drug-likeness (QED) is 0.797. The van der Waals surface area contributed by atoms with Crippen LogP contribution >= 0.6 is 24.8 Å². The first kappa shape index (κ1) is 17.4. The maximum Gasteiger partial charge on any atom is 0.304 e. The van der Waals surface area contributed by atoms with Crippen molar-refractivity contribution in [2.45, 2.75) is 38.3 Å². The number of hydrogen-bond acceptors (Lipinski definition) is 3. The Bertz CT molecular complexity index is 193. The number of halogens is 2. The molecule has 4 nitrogen and oxygen atoms in total. The molecule has 92 valence electrons. The molecule has 15 heavy (non-hydrogen) atoms. The second-order valence-electron chi connectivity index (χ2n) is 3.84. The Balaban J connectivity index is 0. The average Bonchev–Trinajstić information content (AvgIpc) is 2.03. The number of carboxylic acids is 1. The molecule has 2 atom stereocenters. The van der Waals surface area contributed by atoms with Crippen LogP contribution in [-0.2, 0) is 4.79 Å². The molecule has 0 aromatic carbocycles. The summed E-state index contributed by atoms with van der Waals surface area (Å²) in [6.45, 7) is 3.78. The maximum atomic E-state index is 10.5. The van der Waals surface area contributed by atoms with Crippen LogP contribution in [-0.4, -0.2) is 41.1 Å². The van der Waals surface area contributed by atoms with Gasteiger partial charge in [-0.25, -0.2) is 0 Å².